The molecule has 0 radical (unpaired) electrons. The molecular weight excluding hydrogens is 390 g/mol. The summed E-state index contributed by atoms with van der Waals surface area (Å²) in [5, 5.41) is 21.7. The van der Waals surface area contributed by atoms with E-state index in [4.69, 9.17) is 15.0 Å². The normalized spacial score (nSPS) is 11.0. The van der Waals surface area contributed by atoms with Gasteiger partial charge in [0.05, 0.1) is 35.6 Å². The van der Waals surface area contributed by atoms with Crippen molar-refractivity contribution in [2.75, 3.05) is 11.9 Å². The van der Waals surface area contributed by atoms with Crippen molar-refractivity contribution in [1.29, 1.82) is 10.5 Å². The molecule has 4 aromatic rings. The van der Waals surface area contributed by atoms with Crippen LogP contribution >= 0.6 is 0 Å². The smallest absolute Gasteiger partial charge is 0.139 e. The number of aromatic amines is 1. The summed E-state index contributed by atoms with van der Waals surface area (Å²) < 4.78 is 5.54. The Kier molecular flexibility index (Phi) is 4.51. The molecule has 1 aliphatic heterocycles. The fraction of sp³-hybridized carbons (Fsp3) is 0.0870. The van der Waals surface area contributed by atoms with Crippen molar-refractivity contribution < 1.29 is 4.74 Å². The zero-order valence-corrected chi connectivity index (χ0v) is 16.3. The van der Waals surface area contributed by atoms with Gasteiger partial charge < -0.3 is 15.0 Å². The standard InChI is InChI=1S/C23H15N7O/c24-7-2-10-31-15-4-5-16(14(11-15)12-25)23-29-20-17-6-9-26-13-19(17)28-22-18(21(20)30-23)3-1-8-27-22/h1,3-6,8-9,11,13H,2,10H2,(H,27,28)(H,29,30). The maximum absolute atomic E-state index is 9.71. The Morgan fingerprint density at radius 2 is 1.97 bits per heavy atom. The molecule has 1 aliphatic rings. The number of H-pyrrole nitrogens is 1. The van der Waals surface area contributed by atoms with E-state index in [9.17, 15) is 5.26 Å². The highest BCUT2D eigenvalue weighted by atomic mass is 16.5. The first-order valence-electron chi connectivity index (χ1n) is 9.59. The van der Waals surface area contributed by atoms with Crippen LogP contribution < -0.4 is 10.1 Å². The first-order chi connectivity index (χ1) is 15.3. The summed E-state index contributed by atoms with van der Waals surface area (Å²) in [6.45, 7) is 0.275. The summed E-state index contributed by atoms with van der Waals surface area (Å²) in [7, 11) is 0. The highest BCUT2D eigenvalue weighted by molar-refractivity contribution is 5.95. The molecule has 4 heterocycles. The quantitative estimate of drug-likeness (QED) is 0.424. The molecule has 0 fully saturated rings. The van der Waals surface area contributed by atoms with Gasteiger partial charge in [0.2, 0.25) is 0 Å². The number of hydrogen-bond donors (Lipinski definition) is 2. The van der Waals surface area contributed by atoms with Crippen molar-refractivity contribution in [3.8, 4) is 51.8 Å². The number of fused-ring (bicyclic) bond motifs is 5. The summed E-state index contributed by atoms with van der Waals surface area (Å²) in [6, 6.07) is 15.2. The lowest BCUT2D eigenvalue weighted by atomic mass is 10.1. The van der Waals surface area contributed by atoms with Gasteiger partial charge in [-0.2, -0.15) is 10.5 Å². The summed E-state index contributed by atoms with van der Waals surface area (Å²) in [6.07, 6.45) is 5.48. The van der Waals surface area contributed by atoms with Gasteiger partial charge in [0.15, 0.2) is 0 Å². The van der Waals surface area contributed by atoms with E-state index < -0.39 is 0 Å². The Hall–Kier alpha value is -4.69. The number of ether oxygens (including phenoxy) is 1. The molecule has 148 valence electrons. The number of nitriles is 2. The minimum atomic E-state index is 0.275. The van der Waals surface area contributed by atoms with Crippen molar-refractivity contribution in [1.82, 2.24) is 19.9 Å². The number of aromatic nitrogens is 4. The van der Waals surface area contributed by atoms with Crippen LogP contribution in [-0.2, 0) is 0 Å². The minimum absolute atomic E-state index is 0.275. The molecule has 0 unspecified atom stereocenters. The van der Waals surface area contributed by atoms with Crippen LogP contribution in [0.1, 0.15) is 12.0 Å². The lowest BCUT2D eigenvalue weighted by Gasteiger charge is -2.08. The van der Waals surface area contributed by atoms with Crippen molar-refractivity contribution in [3.63, 3.8) is 0 Å². The van der Waals surface area contributed by atoms with Crippen molar-refractivity contribution in [2.24, 2.45) is 0 Å². The molecule has 0 bridgehead atoms. The first kappa shape index (κ1) is 18.3. The van der Waals surface area contributed by atoms with E-state index in [-0.39, 0.29) is 13.0 Å². The molecular formula is C23H15N7O. The second-order valence-electron chi connectivity index (χ2n) is 6.83. The average molecular weight is 405 g/mol. The van der Waals surface area contributed by atoms with Gasteiger partial charge in [-0.25, -0.2) is 9.97 Å². The highest BCUT2D eigenvalue weighted by Crippen LogP contribution is 2.43. The molecule has 31 heavy (non-hydrogen) atoms. The first-order valence-corrected chi connectivity index (χ1v) is 9.59. The number of imidazole rings is 1. The summed E-state index contributed by atoms with van der Waals surface area (Å²) in [4.78, 5) is 16.9. The number of benzene rings is 1. The third kappa shape index (κ3) is 3.22. The van der Waals surface area contributed by atoms with Crippen LogP contribution in [0, 0.1) is 22.7 Å². The number of nitrogens with zero attached hydrogens (tertiary/aromatic N) is 5. The number of hydrogen-bond acceptors (Lipinski definition) is 7. The van der Waals surface area contributed by atoms with Crippen molar-refractivity contribution in [3.05, 3.63) is 60.6 Å². The highest BCUT2D eigenvalue weighted by Gasteiger charge is 2.24. The SMILES string of the molecule is N#CCCOc1ccc(-c2nc3c([nH]2)-c2ccncc2Nc2ncccc2-3)c(C#N)c1. The molecule has 2 N–H and O–H groups in total. The summed E-state index contributed by atoms with van der Waals surface area (Å²) in [5.41, 5.74) is 5.25. The Labute approximate surface area is 177 Å². The Morgan fingerprint density at radius 1 is 1.03 bits per heavy atom. The molecule has 1 aromatic carbocycles. The predicted octanol–water partition coefficient (Wildman–Crippen LogP) is 4.42. The molecule has 0 amide bonds. The zero-order chi connectivity index (χ0) is 21.2. The molecule has 3 aromatic heterocycles. The second kappa shape index (κ2) is 7.62. The van der Waals surface area contributed by atoms with E-state index >= 15 is 0 Å². The van der Waals surface area contributed by atoms with Crippen LogP contribution in [0.5, 0.6) is 5.75 Å². The number of anilines is 2. The van der Waals surface area contributed by atoms with Crippen LogP contribution in [-0.4, -0.2) is 26.5 Å². The molecule has 0 saturated carbocycles. The fourth-order valence-corrected chi connectivity index (χ4v) is 3.55. The van der Waals surface area contributed by atoms with Gasteiger partial charge in [-0.1, -0.05) is 0 Å². The lowest BCUT2D eigenvalue weighted by molar-refractivity contribution is 0.326. The molecule has 8 nitrogen and oxygen atoms in total. The Balaban J connectivity index is 1.64. The number of nitrogens with one attached hydrogen (secondary N) is 2. The molecule has 0 atom stereocenters. The van der Waals surface area contributed by atoms with Gasteiger partial charge in [0.1, 0.15) is 35.8 Å². The van der Waals surface area contributed by atoms with Crippen molar-refractivity contribution in [2.45, 2.75) is 6.42 Å². The van der Waals surface area contributed by atoms with Gasteiger partial charge in [-0.3, -0.25) is 4.98 Å². The lowest BCUT2D eigenvalue weighted by Crippen LogP contribution is -1.97. The van der Waals surface area contributed by atoms with E-state index in [1.54, 1.807) is 36.8 Å². The fourth-order valence-electron chi connectivity index (χ4n) is 3.55. The van der Waals surface area contributed by atoms with Crippen LogP contribution in [0.4, 0.5) is 11.5 Å². The van der Waals surface area contributed by atoms with Crippen LogP contribution in [0.25, 0.3) is 33.9 Å². The minimum Gasteiger partial charge on any atom is -0.492 e. The van der Waals surface area contributed by atoms with E-state index in [1.807, 2.05) is 24.3 Å². The van der Waals surface area contributed by atoms with Gasteiger partial charge >= 0.3 is 0 Å². The Morgan fingerprint density at radius 3 is 2.84 bits per heavy atom. The van der Waals surface area contributed by atoms with Gasteiger partial charge in [-0.05, 0) is 36.4 Å². The molecule has 0 aliphatic carbocycles. The van der Waals surface area contributed by atoms with E-state index in [0.717, 1.165) is 28.2 Å². The summed E-state index contributed by atoms with van der Waals surface area (Å²) in [5.74, 6) is 1.80. The van der Waals surface area contributed by atoms with Gasteiger partial charge in [0, 0.05) is 29.1 Å². The topological polar surface area (TPSA) is 123 Å². The molecule has 5 rings (SSSR count). The second-order valence-corrected chi connectivity index (χ2v) is 6.83. The van der Waals surface area contributed by atoms with Gasteiger partial charge in [-0.15, -0.1) is 0 Å². The third-order valence-corrected chi connectivity index (χ3v) is 4.96. The van der Waals surface area contributed by atoms with E-state index in [2.05, 4.69) is 26.3 Å². The third-order valence-electron chi connectivity index (χ3n) is 4.96. The van der Waals surface area contributed by atoms with Crippen LogP contribution in [0.15, 0.2) is 55.0 Å². The molecule has 0 saturated heterocycles. The summed E-state index contributed by atoms with van der Waals surface area (Å²) >= 11 is 0. The molecule has 0 spiro atoms. The van der Waals surface area contributed by atoms with Crippen LogP contribution in [0.3, 0.4) is 0 Å². The monoisotopic (exact) mass is 405 g/mol. The van der Waals surface area contributed by atoms with Crippen LogP contribution in [0.2, 0.25) is 0 Å². The zero-order valence-electron chi connectivity index (χ0n) is 16.3. The maximum Gasteiger partial charge on any atom is 0.139 e. The Bertz CT molecular complexity index is 1310. The number of rotatable bonds is 4. The maximum atomic E-state index is 9.71. The van der Waals surface area contributed by atoms with Crippen molar-refractivity contribution >= 4 is 11.5 Å². The largest absolute Gasteiger partial charge is 0.492 e. The van der Waals surface area contributed by atoms with Gasteiger partial charge in [0.25, 0.3) is 0 Å². The van der Waals surface area contributed by atoms with E-state index in [1.165, 1.54) is 0 Å². The van der Waals surface area contributed by atoms with E-state index in [0.29, 0.717) is 28.5 Å². The molecule has 8 heteroatoms. The number of pyridine rings is 2. The predicted molar refractivity (Wildman–Crippen MR) is 114 cm³/mol. The average Bonchev–Trinajstić information content (AvgIpc) is 3.19.